The number of hydrogen-bond donors (Lipinski definition) is 1. The van der Waals surface area contributed by atoms with Gasteiger partial charge in [0.15, 0.2) is 11.5 Å². The lowest BCUT2D eigenvalue weighted by Gasteiger charge is -2.16. The van der Waals surface area contributed by atoms with Crippen LogP contribution in [-0.4, -0.2) is 25.2 Å². The molecule has 1 heterocycles. The smallest absolute Gasteiger partial charge is 0.179 e. The lowest BCUT2D eigenvalue weighted by Crippen LogP contribution is -2.15. The number of ether oxygens (including phenoxy) is 2. The highest BCUT2D eigenvalue weighted by Gasteiger charge is 2.17. The number of halogens is 1. The fourth-order valence-corrected chi connectivity index (χ4v) is 3.49. The predicted octanol–water partition coefficient (Wildman–Crippen LogP) is 3.80. The highest BCUT2D eigenvalue weighted by atomic mass is 35.5. The van der Waals surface area contributed by atoms with E-state index in [0.717, 1.165) is 22.7 Å². The summed E-state index contributed by atoms with van der Waals surface area (Å²) in [5, 5.41) is 3.66. The van der Waals surface area contributed by atoms with Crippen molar-refractivity contribution in [1.29, 1.82) is 0 Å². The summed E-state index contributed by atoms with van der Waals surface area (Å²) in [6.45, 7) is 4.99. The molecule has 0 radical (unpaired) electrons. The number of nitrogens with two attached hydrogens (primary N) is 1. The molecular formula is C16H21ClN2O2S. The Labute approximate surface area is 140 Å². The Balaban J connectivity index is 2.26. The number of thiazole rings is 1. The SMILES string of the molecule is CCOc1c(Cl)cc(CC(CN)c2nc(C)cs2)cc1OC. The molecule has 0 saturated heterocycles. The summed E-state index contributed by atoms with van der Waals surface area (Å²) in [7, 11) is 1.61. The quantitative estimate of drug-likeness (QED) is 0.833. The third kappa shape index (κ3) is 3.91. The van der Waals surface area contributed by atoms with Gasteiger partial charge in [-0.05, 0) is 38.0 Å². The number of aryl methyl sites for hydroxylation is 1. The van der Waals surface area contributed by atoms with E-state index in [1.54, 1.807) is 18.4 Å². The van der Waals surface area contributed by atoms with Gasteiger partial charge in [0, 0.05) is 23.5 Å². The molecule has 0 saturated carbocycles. The molecule has 0 aliphatic heterocycles. The minimum atomic E-state index is 0.178. The first-order valence-corrected chi connectivity index (χ1v) is 8.46. The van der Waals surface area contributed by atoms with E-state index in [1.807, 2.05) is 31.4 Å². The molecule has 2 N–H and O–H groups in total. The van der Waals surface area contributed by atoms with Gasteiger partial charge in [-0.15, -0.1) is 11.3 Å². The molecule has 120 valence electrons. The van der Waals surface area contributed by atoms with Gasteiger partial charge in [0.1, 0.15) is 0 Å². The topological polar surface area (TPSA) is 57.4 Å². The van der Waals surface area contributed by atoms with Crippen LogP contribution in [0.5, 0.6) is 11.5 Å². The molecule has 1 atom stereocenters. The van der Waals surface area contributed by atoms with E-state index in [2.05, 4.69) is 4.98 Å². The molecule has 0 aliphatic rings. The molecule has 6 heteroatoms. The van der Waals surface area contributed by atoms with Crippen LogP contribution in [-0.2, 0) is 6.42 Å². The fraction of sp³-hybridized carbons (Fsp3) is 0.438. The molecule has 22 heavy (non-hydrogen) atoms. The monoisotopic (exact) mass is 340 g/mol. The minimum absolute atomic E-state index is 0.178. The van der Waals surface area contributed by atoms with Crippen LogP contribution in [0.3, 0.4) is 0 Å². The molecule has 1 aromatic carbocycles. The number of benzene rings is 1. The van der Waals surface area contributed by atoms with Gasteiger partial charge in [-0.2, -0.15) is 0 Å². The maximum absolute atomic E-state index is 6.32. The van der Waals surface area contributed by atoms with E-state index in [4.69, 9.17) is 26.8 Å². The van der Waals surface area contributed by atoms with Crippen LogP contribution in [0.1, 0.15) is 29.1 Å². The average Bonchev–Trinajstić information content (AvgIpc) is 2.93. The van der Waals surface area contributed by atoms with E-state index in [1.165, 1.54) is 0 Å². The fourth-order valence-electron chi connectivity index (χ4n) is 2.29. The Kier molecular flexibility index (Phi) is 6.06. The van der Waals surface area contributed by atoms with Gasteiger partial charge in [0.05, 0.1) is 23.7 Å². The van der Waals surface area contributed by atoms with Crippen molar-refractivity contribution in [1.82, 2.24) is 4.98 Å². The normalized spacial score (nSPS) is 12.2. The second kappa shape index (κ2) is 7.81. The molecule has 0 amide bonds. The Morgan fingerprint density at radius 2 is 2.18 bits per heavy atom. The average molecular weight is 341 g/mol. The summed E-state index contributed by atoms with van der Waals surface area (Å²) in [5.41, 5.74) is 8.02. The lowest BCUT2D eigenvalue weighted by atomic mass is 9.99. The molecule has 2 aromatic rings. The minimum Gasteiger partial charge on any atom is -0.493 e. The number of nitrogens with zero attached hydrogens (tertiary/aromatic N) is 1. The van der Waals surface area contributed by atoms with E-state index in [-0.39, 0.29) is 5.92 Å². The largest absolute Gasteiger partial charge is 0.493 e. The molecule has 0 fully saturated rings. The van der Waals surface area contributed by atoms with Crippen molar-refractivity contribution in [2.24, 2.45) is 5.73 Å². The van der Waals surface area contributed by atoms with E-state index >= 15 is 0 Å². The third-order valence-corrected chi connectivity index (χ3v) is 4.74. The summed E-state index contributed by atoms with van der Waals surface area (Å²) in [6.07, 6.45) is 0.770. The molecule has 1 unspecified atom stereocenters. The second-order valence-electron chi connectivity index (χ2n) is 5.01. The van der Waals surface area contributed by atoms with Crippen molar-refractivity contribution in [2.45, 2.75) is 26.2 Å². The molecule has 2 rings (SSSR count). The summed E-state index contributed by atoms with van der Waals surface area (Å²) >= 11 is 7.97. The van der Waals surface area contributed by atoms with Crippen LogP contribution in [0.15, 0.2) is 17.5 Å². The molecule has 0 spiro atoms. The first-order chi connectivity index (χ1) is 10.6. The van der Waals surface area contributed by atoms with Crippen LogP contribution in [0.2, 0.25) is 5.02 Å². The highest BCUT2D eigenvalue weighted by molar-refractivity contribution is 7.09. The first kappa shape index (κ1) is 17.1. The predicted molar refractivity (Wildman–Crippen MR) is 91.5 cm³/mol. The van der Waals surface area contributed by atoms with Gasteiger partial charge in [0.25, 0.3) is 0 Å². The second-order valence-corrected chi connectivity index (χ2v) is 6.30. The van der Waals surface area contributed by atoms with Crippen LogP contribution < -0.4 is 15.2 Å². The zero-order valence-electron chi connectivity index (χ0n) is 13.1. The van der Waals surface area contributed by atoms with Crippen molar-refractivity contribution >= 4 is 22.9 Å². The van der Waals surface area contributed by atoms with Gasteiger partial charge >= 0.3 is 0 Å². The molecule has 1 aromatic heterocycles. The van der Waals surface area contributed by atoms with Crippen molar-refractivity contribution in [3.8, 4) is 11.5 Å². The number of methoxy groups -OCH3 is 1. The van der Waals surface area contributed by atoms with Gasteiger partial charge in [-0.3, -0.25) is 0 Å². The van der Waals surface area contributed by atoms with Crippen LogP contribution in [0.4, 0.5) is 0 Å². The van der Waals surface area contributed by atoms with Gasteiger partial charge in [-0.1, -0.05) is 11.6 Å². The summed E-state index contributed by atoms with van der Waals surface area (Å²) in [5.74, 6) is 1.41. The van der Waals surface area contributed by atoms with Gasteiger partial charge < -0.3 is 15.2 Å². The molecule has 0 aliphatic carbocycles. The first-order valence-electron chi connectivity index (χ1n) is 7.20. The maximum atomic E-state index is 6.32. The number of rotatable bonds is 7. The molecule has 0 bridgehead atoms. The number of aromatic nitrogens is 1. The maximum Gasteiger partial charge on any atom is 0.179 e. The molecular weight excluding hydrogens is 320 g/mol. The zero-order chi connectivity index (χ0) is 16.1. The Morgan fingerprint density at radius 3 is 2.73 bits per heavy atom. The van der Waals surface area contributed by atoms with Crippen LogP contribution >= 0.6 is 22.9 Å². The standard InChI is InChI=1S/C16H21ClN2O2S/c1-4-21-15-13(17)6-11(7-14(15)20-3)5-12(8-18)16-19-10(2)9-22-16/h6-7,9,12H,4-5,8,18H2,1-3H3. The van der Waals surface area contributed by atoms with Gasteiger partial charge in [0.2, 0.25) is 0 Å². The van der Waals surface area contributed by atoms with Crippen LogP contribution in [0, 0.1) is 6.92 Å². The van der Waals surface area contributed by atoms with E-state index < -0.39 is 0 Å². The summed E-state index contributed by atoms with van der Waals surface area (Å²) < 4.78 is 10.9. The van der Waals surface area contributed by atoms with E-state index in [0.29, 0.717) is 29.7 Å². The van der Waals surface area contributed by atoms with Crippen molar-refractivity contribution in [3.63, 3.8) is 0 Å². The summed E-state index contributed by atoms with van der Waals surface area (Å²) in [6, 6.07) is 3.87. The van der Waals surface area contributed by atoms with Crippen molar-refractivity contribution in [3.05, 3.63) is 38.8 Å². The molecule has 4 nitrogen and oxygen atoms in total. The highest BCUT2D eigenvalue weighted by Crippen LogP contribution is 2.37. The summed E-state index contributed by atoms with van der Waals surface area (Å²) in [4.78, 5) is 4.54. The van der Waals surface area contributed by atoms with Crippen molar-refractivity contribution < 1.29 is 9.47 Å². The third-order valence-electron chi connectivity index (χ3n) is 3.33. The number of hydrogen-bond acceptors (Lipinski definition) is 5. The van der Waals surface area contributed by atoms with Crippen LogP contribution in [0.25, 0.3) is 0 Å². The van der Waals surface area contributed by atoms with Crippen molar-refractivity contribution in [2.75, 3.05) is 20.3 Å². The lowest BCUT2D eigenvalue weighted by molar-refractivity contribution is 0.311. The Bertz CT molecular complexity index is 631. The Hall–Kier alpha value is -1.30. The Morgan fingerprint density at radius 1 is 1.41 bits per heavy atom. The van der Waals surface area contributed by atoms with Gasteiger partial charge in [-0.25, -0.2) is 4.98 Å². The zero-order valence-corrected chi connectivity index (χ0v) is 14.6. The van der Waals surface area contributed by atoms with E-state index in [9.17, 15) is 0 Å².